The van der Waals surface area contributed by atoms with Gasteiger partial charge in [-0.1, -0.05) is 23.2 Å². The molecule has 5 nitrogen and oxygen atoms in total. The molecule has 0 heterocycles. The molecule has 19 heavy (non-hydrogen) atoms. The lowest BCUT2D eigenvalue weighted by atomic mass is 10.3. The van der Waals surface area contributed by atoms with Crippen molar-refractivity contribution in [2.75, 3.05) is 11.9 Å². The fourth-order valence-electron chi connectivity index (χ4n) is 1.30. The Bertz CT molecular complexity index is 458. The summed E-state index contributed by atoms with van der Waals surface area (Å²) in [5.41, 5.74) is 0.480. The Morgan fingerprint density at radius 2 is 1.74 bits per heavy atom. The van der Waals surface area contributed by atoms with Crippen molar-refractivity contribution in [3.05, 3.63) is 28.2 Å². The third-order valence-corrected chi connectivity index (χ3v) is 2.41. The standard InChI is InChI=1S/C12H15Cl2N3O2/c1-7(2)16-12(19)15-6-11(18)17-10-4-8(13)3-9(14)5-10/h3-5,7H,6H2,1-2H3,(H,17,18)(H2,15,16,19). The first-order valence-corrected chi connectivity index (χ1v) is 6.42. The van der Waals surface area contributed by atoms with Crippen LogP contribution in [0.15, 0.2) is 18.2 Å². The van der Waals surface area contributed by atoms with Crippen molar-refractivity contribution in [2.24, 2.45) is 0 Å². The Morgan fingerprint density at radius 1 is 1.16 bits per heavy atom. The van der Waals surface area contributed by atoms with E-state index in [1.54, 1.807) is 18.2 Å². The van der Waals surface area contributed by atoms with E-state index < -0.39 is 6.03 Å². The summed E-state index contributed by atoms with van der Waals surface area (Å²) in [6.07, 6.45) is 0. The first-order chi connectivity index (χ1) is 8.86. The minimum absolute atomic E-state index is 0.00907. The monoisotopic (exact) mass is 303 g/mol. The van der Waals surface area contributed by atoms with Crippen molar-refractivity contribution in [1.29, 1.82) is 0 Å². The number of hydrogen-bond acceptors (Lipinski definition) is 2. The summed E-state index contributed by atoms with van der Waals surface area (Å²) >= 11 is 11.6. The van der Waals surface area contributed by atoms with Gasteiger partial charge in [0.2, 0.25) is 5.91 Å². The number of halogens is 2. The third kappa shape index (κ3) is 6.31. The van der Waals surface area contributed by atoms with E-state index in [1.165, 1.54) is 0 Å². The lowest BCUT2D eigenvalue weighted by Crippen LogP contribution is -2.42. The molecule has 7 heteroatoms. The van der Waals surface area contributed by atoms with E-state index in [9.17, 15) is 9.59 Å². The highest BCUT2D eigenvalue weighted by molar-refractivity contribution is 6.35. The highest BCUT2D eigenvalue weighted by atomic mass is 35.5. The van der Waals surface area contributed by atoms with Gasteiger partial charge in [0.15, 0.2) is 0 Å². The number of benzene rings is 1. The van der Waals surface area contributed by atoms with E-state index in [1.807, 2.05) is 13.8 Å². The Kier molecular flexibility index (Phi) is 5.92. The second-order valence-corrected chi connectivity index (χ2v) is 5.06. The minimum atomic E-state index is -0.394. The molecule has 0 aliphatic carbocycles. The van der Waals surface area contributed by atoms with Gasteiger partial charge in [0.25, 0.3) is 0 Å². The van der Waals surface area contributed by atoms with E-state index in [-0.39, 0.29) is 18.5 Å². The molecule has 0 bridgehead atoms. The molecule has 0 radical (unpaired) electrons. The molecule has 0 aliphatic heterocycles. The van der Waals surface area contributed by atoms with Gasteiger partial charge in [-0.15, -0.1) is 0 Å². The second-order valence-electron chi connectivity index (χ2n) is 4.19. The summed E-state index contributed by atoms with van der Waals surface area (Å²) in [7, 11) is 0. The van der Waals surface area contributed by atoms with Gasteiger partial charge in [-0.2, -0.15) is 0 Å². The van der Waals surface area contributed by atoms with Gasteiger partial charge in [0, 0.05) is 21.8 Å². The van der Waals surface area contributed by atoms with Crippen LogP contribution in [0.4, 0.5) is 10.5 Å². The zero-order valence-corrected chi connectivity index (χ0v) is 12.1. The van der Waals surface area contributed by atoms with Gasteiger partial charge in [-0.3, -0.25) is 4.79 Å². The molecule has 0 atom stereocenters. The Hall–Kier alpha value is -1.46. The van der Waals surface area contributed by atoms with Crippen LogP contribution in [0.25, 0.3) is 0 Å². The summed E-state index contributed by atoms with van der Waals surface area (Å²) in [6, 6.07) is 4.32. The smallest absolute Gasteiger partial charge is 0.315 e. The van der Waals surface area contributed by atoms with Gasteiger partial charge in [-0.25, -0.2) is 4.79 Å². The number of nitrogens with one attached hydrogen (secondary N) is 3. The molecule has 0 aliphatic rings. The Labute approximate surface area is 121 Å². The van der Waals surface area contributed by atoms with E-state index >= 15 is 0 Å². The minimum Gasteiger partial charge on any atom is -0.336 e. The average Bonchev–Trinajstić information content (AvgIpc) is 2.23. The molecule has 1 aromatic carbocycles. The van der Waals surface area contributed by atoms with Gasteiger partial charge in [0.1, 0.15) is 0 Å². The van der Waals surface area contributed by atoms with Crippen molar-refractivity contribution in [1.82, 2.24) is 10.6 Å². The van der Waals surface area contributed by atoms with Gasteiger partial charge in [0.05, 0.1) is 6.54 Å². The zero-order valence-electron chi connectivity index (χ0n) is 10.6. The molecule has 1 aromatic rings. The summed E-state index contributed by atoms with van der Waals surface area (Å²) in [6.45, 7) is 3.52. The molecule has 0 unspecified atom stereocenters. The van der Waals surface area contributed by atoms with Crippen molar-refractivity contribution in [3.8, 4) is 0 Å². The summed E-state index contributed by atoms with van der Waals surface area (Å²) in [5.74, 6) is -0.364. The lowest BCUT2D eigenvalue weighted by Gasteiger charge is -2.10. The highest BCUT2D eigenvalue weighted by Crippen LogP contribution is 2.22. The van der Waals surface area contributed by atoms with Crippen molar-refractivity contribution in [2.45, 2.75) is 19.9 Å². The predicted molar refractivity (Wildman–Crippen MR) is 76.8 cm³/mol. The molecule has 0 aromatic heterocycles. The molecular weight excluding hydrogens is 289 g/mol. The predicted octanol–water partition coefficient (Wildman–Crippen LogP) is 2.64. The molecular formula is C12H15Cl2N3O2. The lowest BCUT2D eigenvalue weighted by molar-refractivity contribution is -0.115. The number of urea groups is 1. The topological polar surface area (TPSA) is 70.2 Å². The average molecular weight is 304 g/mol. The fourth-order valence-corrected chi connectivity index (χ4v) is 1.83. The summed E-state index contributed by atoms with van der Waals surface area (Å²) in [4.78, 5) is 22.9. The largest absolute Gasteiger partial charge is 0.336 e. The van der Waals surface area contributed by atoms with Crippen LogP contribution >= 0.6 is 23.2 Å². The van der Waals surface area contributed by atoms with Gasteiger partial charge < -0.3 is 16.0 Å². The van der Waals surface area contributed by atoms with Crippen LogP contribution in [0.5, 0.6) is 0 Å². The molecule has 3 N–H and O–H groups in total. The second kappa shape index (κ2) is 7.21. The van der Waals surface area contributed by atoms with Crippen LogP contribution in [0, 0.1) is 0 Å². The third-order valence-electron chi connectivity index (χ3n) is 1.98. The van der Waals surface area contributed by atoms with E-state index in [2.05, 4.69) is 16.0 Å². The first-order valence-electron chi connectivity index (χ1n) is 5.67. The molecule has 104 valence electrons. The van der Waals surface area contributed by atoms with Crippen molar-refractivity contribution < 1.29 is 9.59 Å². The van der Waals surface area contributed by atoms with Crippen LogP contribution in [0.2, 0.25) is 10.0 Å². The number of hydrogen-bond donors (Lipinski definition) is 3. The van der Waals surface area contributed by atoms with Crippen LogP contribution in [0.1, 0.15) is 13.8 Å². The van der Waals surface area contributed by atoms with E-state index in [4.69, 9.17) is 23.2 Å². The maximum Gasteiger partial charge on any atom is 0.315 e. The summed E-state index contributed by atoms with van der Waals surface area (Å²) < 4.78 is 0. The van der Waals surface area contributed by atoms with E-state index in [0.717, 1.165) is 0 Å². The van der Waals surface area contributed by atoms with Crippen LogP contribution < -0.4 is 16.0 Å². The number of carbonyl (C=O) groups excluding carboxylic acids is 2. The maximum absolute atomic E-state index is 11.6. The molecule has 0 saturated carbocycles. The summed E-state index contributed by atoms with van der Waals surface area (Å²) in [5, 5.41) is 8.47. The van der Waals surface area contributed by atoms with Crippen molar-refractivity contribution in [3.63, 3.8) is 0 Å². The van der Waals surface area contributed by atoms with Gasteiger partial charge >= 0.3 is 6.03 Å². The van der Waals surface area contributed by atoms with Crippen LogP contribution in [0.3, 0.4) is 0 Å². The number of anilines is 1. The molecule has 0 fully saturated rings. The zero-order chi connectivity index (χ0) is 14.4. The van der Waals surface area contributed by atoms with Crippen LogP contribution in [-0.4, -0.2) is 24.5 Å². The quantitative estimate of drug-likeness (QED) is 0.800. The highest BCUT2D eigenvalue weighted by Gasteiger charge is 2.07. The number of carbonyl (C=O) groups is 2. The Morgan fingerprint density at radius 3 is 2.26 bits per heavy atom. The molecule has 3 amide bonds. The molecule has 0 saturated heterocycles. The maximum atomic E-state index is 11.6. The normalized spacial score (nSPS) is 10.2. The number of amides is 3. The fraction of sp³-hybridized carbons (Fsp3) is 0.333. The van der Waals surface area contributed by atoms with Crippen molar-refractivity contribution >= 4 is 40.8 Å². The molecule has 0 spiro atoms. The van der Waals surface area contributed by atoms with E-state index in [0.29, 0.717) is 15.7 Å². The van der Waals surface area contributed by atoms with Gasteiger partial charge in [-0.05, 0) is 32.0 Å². The number of rotatable bonds is 4. The SMILES string of the molecule is CC(C)NC(=O)NCC(=O)Nc1cc(Cl)cc(Cl)c1. The molecule has 1 rings (SSSR count). The Balaban J connectivity index is 2.45. The first kappa shape index (κ1) is 15.6. The van der Waals surface area contributed by atoms with Crippen LogP contribution in [-0.2, 0) is 4.79 Å².